The van der Waals surface area contributed by atoms with E-state index < -0.39 is 36.1 Å². The summed E-state index contributed by atoms with van der Waals surface area (Å²) in [5.41, 5.74) is 1.92. The van der Waals surface area contributed by atoms with Gasteiger partial charge in [0.25, 0.3) is 5.92 Å². The predicted molar refractivity (Wildman–Crippen MR) is 132 cm³/mol. The van der Waals surface area contributed by atoms with Crippen LogP contribution in [0.2, 0.25) is 0 Å². The Labute approximate surface area is 224 Å². The number of carboxylic acids is 1. The fourth-order valence-electron chi connectivity index (χ4n) is 5.34. The molecular formula is C24H29F5N6O5. The summed E-state index contributed by atoms with van der Waals surface area (Å²) < 4.78 is 63.4. The first-order valence-electron chi connectivity index (χ1n) is 12.6. The number of alkyl halides is 5. The lowest BCUT2D eigenvalue weighted by Crippen LogP contribution is -2.61. The Morgan fingerprint density at radius 1 is 1.05 bits per heavy atom. The summed E-state index contributed by atoms with van der Waals surface area (Å²) in [7, 11) is 1.66. The van der Waals surface area contributed by atoms with Crippen LogP contribution >= 0.6 is 0 Å². The normalized spacial score (nSPS) is 23.9. The number of nitrogens with zero attached hydrogens (tertiary/aromatic N) is 4. The molecule has 2 aromatic rings. The zero-order valence-corrected chi connectivity index (χ0v) is 21.5. The summed E-state index contributed by atoms with van der Waals surface area (Å²) >= 11 is 0. The van der Waals surface area contributed by atoms with E-state index in [1.807, 2.05) is 23.1 Å². The third-order valence-electron chi connectivity index (χ3n) is 7.40. The number of anilines is 1. The van der Waals surface area contributed by atoms with Crippen LogP contribution in [0.1, 0.15) is 25.3 Å². The van der Waals surface area contributed by atoms with Crippen molar-refractivity contribution >= 4 is 34.5 Å². The number of hydrogen-bond acceptors (Lipinski definition) is 7. The number of carbonyl (C=O) groups is 3. The first kappa shape index (κ1) is 29.5. The Kier molecular flexibility index (Phi) is 8.21. The molecule has 3 saturated heterocycles. The molecule has 3 N–H and O–H groups in total. The van der Waals surface area contributed by atoms with Crippen LogP contribution in [0.3, 0.4) is 0 Å². The monoisotopic (exact) mass is 576 g/mol. The summed E-state index contributed by atoms with van der Waals surface area (Å²) in [6.45, 7) is 2.67. The lowest BCUT2D eigenvalue weighted by Gasteiger charge is -2.44. The number of aliphatic carboxylic acids is 1. The molecule has 2 atom stereocenters. The van der Waals surface area contributed by atoms with Gasteiger partial charge in [-0.25, -0.2) is 18.4 Å². The third kappa shape index (κ3) is 5.96. The lowest BCUT2D eigenvalue weighted by atomic mass is 9.99. The number of aryl methyl sites for hydroxylation is 1. The zero-order chi connectivity index (χ0) is 29.4. The second-order valence-corrected chi connectivity index (χ2v) is 9.92. The number of imide groups is 1. The maximum Gasteiger partial charge on any atom is 0.490 e. The van der Waals surface area contributed by atoms with Gasteiger partial charge in [0.15, 0.2) is 0 Å². The van der Waals surface area contributed by atoms with E-state index >= 15 is 0 Å². The molecule has 5 rings (SSSR count). The van der Waals surface area contributed by atoms with Gasteiger partial charge in [0.05, 0.1) is 23.6 Å². The van der Waals surface area contributed by atoms with Gasteiger partial charge in [-0.15, -0.1) is 0 Å². The van der Waals surface area contributed by atoms with Crippen molar-refractivity contribution in [1.82, 2.24) is 24.7 Å². The molecule has 1 unspecified atom stereocenters. The highest BCUT2D eigenvalue weighted by Crippen LogP contribution is 2.31. The molecule has 16 heteroatoms. The number of imidazole rings is 1. The molecule has 2 amide bonds. The van der Waals surface area contributed by atoms with E-state index in [0.29, 0.717) is 50.2 Å². The summed E-state index contributed by atoms with van der Waals surface area (Å²) in [4.78, 5) is 49.7. The van der Waals surface area contributed by atoms with E-state index in [-0.39, 0.29) is 31.0 Å². The molecular weight excluding hydrogens is 547 g/mol. The molecule has 1 aromatic heterocycles. The van der Waals surface area contributed by atoms with E-state index in [0.717, 1.165) is 5.69 Å². The topological polar surface area (TPSA) is 129 Å². The van der Waals surface area contributed by atoms with Crippen LogP contribution < -0.4 is 21.2 Å². The van der Waals surface area contributed by atoms with Gasteiger partial charge in [-0.05, 0) is 37.6 Å². The quantitative estimate of drug-likeness (QED) is 0.366. The van der Waals surface area contributed by atoms with Crippen molar-refractivity contribution in [3.05, 3.63) is 28.7 Å². The smallest absolute Gasteiger partial charge is 0.475 e. The Morgan fingerprint density at radius 2 is 1.70 bits per heavy atom. The van der Waals surface area contributed by atoms with Crippen LogP contribution in [-0.2, 0) is 21.4 Å². The van der Waals surface area contributed by atoms with Gasteiger partial charge in [0.2, 0.25) is 11.8 Å². The van der Waals surface area contributed by atoms with Gasteiger partial charge in [-0.3, -0.25) is 28.9 Å². The molecule has 4 heterocycles. The van der Waals surface area contributed by atoms with Crippen molar-refractivity contribution in [3.63, 3.8) is 0 Å². The maximum atomic E-state index is 14.3. The van der Waals surface area contributed by atoms with Crippen LogP contribution in [0.15, 0.2) is 23.0 Å². The van der Waals surface area contributed by atoms with Gasteiger partial charge < -0.3 is 15.3 Å². The summed E-state index contributed by atoms with van der Waals surface area (Å²) in [6.07, 6.45) is -4.17. The van der Waals surface area contributed by atoms with Gasteiger partial charge in [0.1, 0.15) is 6.04 Å². The standard InChI is InChI=1S/C22H28F2N6O3.C2HF3O2/c1-27-17-12-14(28-8-10-29(11-9-28)18-6-7-25-13-22(18,23)24)2-3-15(17)30(21(27)33)16-4-5-19(31)26-20(16)32;3-2(4,5)1(6)7/h2-3,12,16,18,25H,4-11,13H2,1H3,(H,26,31,32);(H,6,7)/t16?,18-;/m0./s1. The number of nitrogens with one attached hydrogen (secondary N) is 2. The van der Waals surface area contributed by atoms with Crippen LogP contribution in [0.25, 0.3) is 11.0 Å². The molecule has 0 aliphatic carbocycles. The van der Waals surface area contributed by atoms with Crippen molar-refractivity contribution in [3.8, 4) is 0 Å². The van der Waals surface area contributed by atoms with Crippen molar-refractivity contribution in [2.45, 2.75) is 43.4 Å². The second-order valence-electron chi connectivity index (χ2n) is 9.92. The number of piperidine rings is 2. The van der Waals surface area contributed by atoms with Crippen LogP contribution in [0.5, 0.6) is 0 Å². The van der Waals surface area contributed by atoms with Gasteiger partial charge in [-0.2, -0.15) is 13.2 Å². The number of benzene rings is 1. The van der Waals surface area contributed by atoms with E-state index in [1.54, 1.807) is 7.05 Å². The fraction of sp³-hybridized carbons (Fsp3) is 0.583. The van der Waals surface area contributed by atoms with Crippen molar-refractivity contribution in [2.24, 2.45) is 7.05 Å². The van der Waals surface area contributed by atoms with E-state index in [1.165, 1.54) is 9.13 Å². The van der Waals surface area contributed by atoms with Crippen molar-refractivity contribution in [2.75, 3.05) is 44.2 Å². The number of halogens is 5. The van der Waals surface area contributed by atoms with Gasteiger partial charge >= 0.3 is 17.8 Å². The van der Waals surface area contributed by atoms with E-state index in [4.69, 9.17) is 9.90 Å². The number of carbonyl (C=O) groups excluding carboxylic acids is 2. The van der Waals surface area contributed by atoms with Crippen LogP contribution in [-0.4, -0.2) is 94.3 Å². The Hall–Kier alpha value is -3.53. The average molecular weight is 577 g/mol. The third-order valence-corrected chi connectivity index (χ3v) is 7.40. The Morgan fingerprint density at radius 3 is 2.27 bits per heavy atom. The first-order valence-corrected chi connectivity index (χ1v) is 12.6. The number of hydrogen-bond donors (Lipinski definition) is 3. The molecule has 220 valence electrons. The van der Waals surface area contributed by atoms with E-state index in [9.17, 15) is 36.3 Å². The molecule has 3 aliphatic heterocycles. The second kappa shape index (κ2) is 11.2. The molecule has 11 nitrogen and oxygen atoms in total. The SMILES string of the molecule is Cn1c(=O)n(C2CCC(=O)NC2=O)c2ccc(N3CCN([C@H]4CCNCC4(F)F)CC3)cc21.O=C(O)C(F)(F)F. The molecule has 1 aromatic carbocycles. The first-order chi connectivity index (χ1) is 18.7. The van der Waals surface area contributed by atoms with E-state index in [2.05, 4.69) is 15.5 Å². The molecule has 0 saturated carbocycles. The molecule has 40 heavy (non-hydrogen) atoms. The minimum atomic E-state index is -5.08. The highest BCUT2D eigenvalue weighted by molar-refractivity contribution is 6.00. The molecule has 3 fully saturated rings. The molecule has 3 aliphatic rings. The Balaban J connectivity index is 0.000000470. The number of aromatic nitrogens is 2. The van der Waals surface area contributed by atoms with Crippen molar-refractivity contribution in [1.29, 1.82) is 0 Å². The number of fused-ring (bicyclic) bond motifs is 1. The summed E-state index contributed by atoms with van der Waals surface area (Å²) in [5.74, 6) is -6.27. The van der Waals surface area contributed by atoms with Crippen molar-refractivity contribution < 1.29 is 41.4 Å². The van der Waals surface area contributed by atoms with Gasteiger partial charge in [0, 0.05) is 45.3 Å². The average Bonchev–Trinajstić information content (AvgIpc) is 3.13. The minimum Gasteiger partial charge on any atom is -0.475 e. The molecule has 0 bridgehead atoms. The number of piperazine rings is 1. The lowest BCUT2D eigenvalue weighted by molar-refractivity contribution is -0.192. The number of amides is 2. The number of rotatable bonds is 3. The fourth-order valence-corrected chi connectivity index (χ4v) is 5.34. The predicted octanol–water partition coefficient (Wildman–Crippen LogP) is 1.07. The summed E-state index contributed by atoms with van der Waals surface area (Å²) in [5, 5.41) is 12.2. The Bertz CT molecular complexity index is 1350. The van der Waals surface area contributed by atoms with Crippen LogP contribution in [0.4, 0.5) is 27.6 Å². The highest BCUT2D eigenvalue weighted by atomic mass is 19.4. The largest absolute Gasteiger partial charge is 0.490 e. The zero-order valence-electron chi connectivity index (χ0n) is 21.5. The maximum absolute atomic E-state index is 14.3. The van der Waals surface area contributed by atoms with Crippen LogP contribution in [0, 0.1) is 0 Å². The highest BCUT2D eigenvalue weighted by Gasteiger charge is 2.45. The molecule has 0 radical (unpaired) electrons. The summed E-state index contributed by atoms with van der Waals surface area (Å²) in [6, 6.07) is 4.18. The minimum absolute atomic E-state index is 0.192. The number of carboxylic acid groups (broad SMARTS) is 1. The molecule has 0 spiro atoms. The van der Waals surface area contributed by atoms with Gasteiger partial charge in [-0.1, -0.05) is 0 Å².